The molecule has 4 nitrogen and oxygen atoms in total. The molecule has 0 bridgehead atoms. The van der Waals surface area contributed by atoms with Crippen molar-refractivity contribution in [2.45, 2.75) is 0 Å². The zero-order valence-corrected chi connectivity index (χ0v) is 7.30. The average Bonchev–Trinajstić information content (AvgIpc) is 2.04. The molecule has 0 saturated carbocycles. The summed E-state index contributed by atoms with van der Waals surface area (Å²) in [5.74, 6) is -0.269. The second-order valence-corrected chi connectivity index (χ2v) is 1.92. The van der Waals surface area contributed by atoms with Crippen LogP contribution in [-0.4, -0.2) is 18.0 Å². The topological polar surface area (TPSA) is 65.2 Å². The molecule has 5 heteroatoms. The summed E-state index contributed by atoms with van der Waals surface area (Å²) in [5.41, 5.74) is 5.33. The summed E-state index contributed by atoms with van der Waals surface area (Å²) in [6.07, 6.45) is 1.53. The minimum absolute atomic E-state index is 0. The number of hydrogen-bond donors (Lipinski definition) is 1. The maximum atomic E-state index is 10.7. The van der Waals surface area contributed by atoms with Crippen LogP contribution in [0.15, 0.2) is 18.3 Å². The number of halogens is 1. The van der Waals surface area contributed by atoms with Crippen molar-refractivity contribution in [3.8, 4) is 5.88 Å². The Morgan fingerprint density at radius 3 is 2.75 bits per heavy atom. The molecule has 0 spiro atoms. The number of carbonyl (C=O) groups is 1. The van der Waals surface area contributed by atoms with E-state index in [1.54, 1.807) is 12.1 Å². The first-order valence-corrected chi connectivity index (χ1v) is 3.04. The molecule has 0 fully saturated rings. The van der Waals surface area contributed by atoms with Crippen LogP contribution < -0.4 is 10.5 Å². The predicted molar refractivity (Wildman–Crippen MR) is 46.6 cm³/mol. The zero-order chi connectivity index (χ0) is 8.27. The molecular weight excluding hydrogens is 180 g/mol. The lowest BCUT2D eigenvalue weighted by Gasteiger charge is -2.01. The quantitative estimate of drug-likeness (QED) is 0.740. The third kappa shape index (κ3) is 2.10. The van der Waals surface area contributed by atoms with E-state index in [4.69, 9.17) is 10.5 Å². The van der Waals surface area contributed by atoms with Gasteiger partial charge in [0.25, 0.3) is 5.91 Å². The van der Waals surface area contributed by atoms with E-state index in [1.165, 1.54) is 13.3 Å². The van der Waals surface area contributed by atoms with Gasteiger partial charge in [-0.25, -0.2) is 4.98 Å². The van der Waals surface area contributed by atoms with E-state index in [2.05, 4.69) is 4.98 Å². The molecule has 0 aliphatic rings. The molecule has 12 heavy (non-hydrogen) atoms. The van der Waals surface area contributed by atoms with E-state index < -0.39 is 5.91 Å². The smallest absolute Gasteiger partial charge is 0.254 e. The Morgan fingerprint density at radius 2 is 2.33 bits per heavy atom. The SMILES string of the molecule is COc1ncccc1C(N)=O.Cl. The average molecular weight is 189 g/mol. The molecule has 1 heterocycles. The standard InChI is InChI=1S/C7H8N2O2.ClH/c1-11-7-5(6(8)10)3-2-4-9-7;/h2-4H,1H3,(H2,8,10);1H. The maximum absolute atomic E-state index is 10.7. The van der Waals surface area contributed by atoms with Crippen LogP contribution in [0.2, 0.25) is 0 Å². The van der Waals surface area contributed by atoms with E-state index in [0.29, 0.717) is 5.56 Å². The molecule has 1 aromatic rings. The predicted octanol–water partition coefficient (Wildman–Crippen LogP) is 0.611. The third-order valence-electron chi connectivity index (χ3n) is 1.23. The molecular formula is C7H9ClN2O2. The molecule has 1 amide bonds. The molecule has 0 atom stereocenters. The van der Waals surface area contributed by atoms with Crippen molar-refractivity contribution in [1.29, 1.82) is 0 Å². The number of amides is 1. The second kappa shape index (κ2) is 4.56. The Balaban J connectivity index is 0.00000121. The summed E-state index contributed by atoms with van der Waals surface area (Å²) in [5, 5.41) is 0. The van der Waals surface area contributed by atoms with Crippen LogP contribution in [0, 0.1) is 0 Å². The lowest BCUT2D eigenvalue weighted by atomic mass is 10.2. The minimum Gasteiger partial charge on any atom is -0.480 e. The number of nitrogens with zero attached hydrogens (tertiary/aromatic N) is 1. The second-order valence-electron chi connectivity index (χ2n) is 1.92. The lowest BCUT2D eigenvalue weighted by Crippen LogP contribution is -2.12. The fraction of sp³-hybridized carbons (Fsp3) is 0.143. The van der Waals surface area contributed by atoms with Crippen molar-refractivity contribution < 1.29 is 9.53 Å². The van der Waals surface area contributed by atoms with Gasteiger partial charge in [0.05, 0.1) is 7.11 Å². The first-order valence-electron chi connectivity index (χ1n) is 3.04. The minimum atomic E-state index is -0.532. The summed E-state index contributed by atoms with van der Waals surface area (Å²) in [6.45, 7) is 0. The lowest BCUT2D eigenvalue weighted by molar-refractivity contribution is 0.0996. The van der Waals surface area contributed by atoms with Gasteiger partial charge in [0.1, 0.15) is 5.56 Å². The highest BCUT2D eigenvalue weighted by Gasteiger charge is 2.07. The zero-order valence-electron chi connectivity index (χ0n) is 6.48. The number of aromatic nitrogens is 1. The van der Waals surface area contributed by atoms with Crippen molar-refractivity contribution in [1.82, 2.24) is 4.98 Å². The van der Waals surface area contributed by atoms with Crippen molar-refractivity contribution in [3.05, 3.63) is 23.9 Å². The highest BCUT2D eigenvalue weighted by atomic mass is 35.5. The van der Waals surface area contributed by atoms with Crippen molar-refractivity contribution in [3.63, 3.8) is 0 Å². The van der Waals surface area contributed by atoms with Gasteiger partial charge in [0.2, 0.25) is 5.88 Å². The number of carbonyl (C=O) groups excluding carboxylic acids is 1. The molecule has 2 N–H and O–H groups in total. The third-order valence-corrected chi connectivity index (χ3v) is 1.23. The van der Waals surface area contributed by atoms with Crippen LogP contribution in [0.4, 0.5) is 0 Å². The molecule has 0 aromatic carbocycles. The molecule has 0 aliphatic heterocycles. The van der Waals surface area contributed by atoms with Crippen LogP contribution in [-0.2, 0) is 0 Å². The van der Waals surface area contributed by atoms with E-state index >= 15 is 0 Å². The summed E-state index contributed by atoms with van der Waals surface area (Å²) in [6, 6.07) is 3.19. The Morgan fingerprint density at radius 1 is 1.67 bits per heavy atom. The number of rotatable bonds is 2. The van der Waals surface area contributed by atoms with Crippen molar-refractivity contribution in [2.75, 3.05) is 7.11 Å². The van der Waals surface area contributed by atoms with Gasteiger partial charge in [-0.2, -0.15) is 0 Å². The van der Waals surface area contributed by atoms with Gasteiger partial charge in [-0.3, -0.25) is 4.79 Å². The fourth-order valence-corrected chi connectivity index (χ4v) is 0.741. The highest BCUT2D eigenvalue weighted by molar-refractivity contribution is 5.94. The normalized spacial score (nSPS) is 8.42. The maximum Gasteiger partial charge on any atom is 0.254 e. The number of methoxy groups -OCH3 is 1. The van der Waals surface area contributed by atoms with Crippen molar-refractivity contribution in [2.24, 2.45) is 5.73 Å². The van der Waals surface area contributed by atoms with E-state index in [9.17, 15) is 4.79 Å². The number of primary amides is 1. The van der Waals surface area contributed by atoms with Gasteiger partial charge in [0, 0.05) is 6.20 Å². The number of hydrogen-bond acceptors (Lipinski definition) is 3. The Labute approximate surface area is 76.1 Å². The Kier molecular flexibility index (Phi) is 4.07. The molecule has 1 aromatic heterocycles. The van der Waals surface area contributed by atoms with Gasteiger partial charge in [-0.05, 0) is 12.1 Å². The number of ether oxygens (including phenoxy) is 1. The molecule has 0 unspecified atom stereocenters. The van der Waals surface area contributed by atoms with Crippen LogP contribution >= 0.6 is 12.4 Å². The largest absolute Gasteiger partial charge is 0.480 e. The van der Waals surface area contributed by atoms with E-state index in [-0.39, 0.29) is 18.3 Å². The molecule has 1 rings (SSSR count). The van der Waals surface area contributed by atoms with E-state index in [0.717, 1.165) is 0 Å². The van der Waals surface area contributed by atoms with Crippen LogP contribution in [0.5, 0.6) is 5.88 Å². The van der Waals surface area contributed by atoms with Gasteiger partial charge in [-0.15, -0.1) is 12.4 Å². The van der Waals surface area contributed by atoms with Gasteiger partial charge >= 0.3 is 0 Å². The summed E-state index contributed by atoms with van der Waals surface area (Å²) < 4.78 is 4.79. The van der Waals surface area contributed by atoms with E-state index in [1.807, 2.05) is 0 Å². The van der Waals surface area contributed by atoms with Crippen molar-refractivity contribution >= 4 is 18.3 Å². The van der Waals surface area contributed by atoms with Gasteiger partial charge in [-0.1, -0.05) is 0 Å². The molecule has 66 valence electrons. The fourth-order valence-electron chi connectivity index (χ4n) is 0.741. The summed E-state index contributed by atoms with van der Waals surface area (Å²) in [4.78, 5) is 14.5. The molecule has 0 aliphatic carbocycles. The summed E-state index contributed by atoms with van der Waals surface area (Å²) in [7, 11) is 1.44. The molecule has 0 radical (unpaired) electrons. The van der Waals surface area contributed by atoms with Crippen LogP contribution in [0.1, 0.15) is 10.4 Å². The Bertz CT molecular complexity index is 278. The molecule has 0 saturated heterocycles. The van der Waals surface area contributed by atoms with Gasteiger partial charge < -0.3 is 10.5 Å². The Hall–Kier alpha value is -1.29. The summed E-state index contributed by atoms with van der Waals surface area (Å²) >= 11 is 0. The first-order chi connectivity index (χ1) is 5.25. The van der Waals surface area contributed by atoms with Gasteiger partial charge in [0.15, 0.2) is 0 Å². The first kappa shape index (κ1) is 10.7. The number of pyridine rings is 1. The monoisotopic (exact) mass is 188 g/mol. The highest BCUT2D eigenvalue weighted by Crippen LogP contribution is 2.11. The van der Waals surface area contributed by atoms with Crippen LogP contribution in [0.25, 0.3) is 0 Å². The number of nitrogens with two attached hydrogens (primary N) is 1. The van der Waals surface area contributed by atoms with Crippen LogP contribution in [0.3, 0.4) is 0 Å².